The molecule has 0 spiro atoms. The molecule has 3 heterocycles. The second kappa shape index (κ2) is 9.31. The maximum atomic E-state index is 12.4. The molecule has 0 saturated carbocycles. The van der Waals surface area contributed by atoms with Gasteiger partial charge in [0.05, 0.1) is 27.7 Å². The van der Waals surface area contributed by atoms with E-state index in [0.29, 0.717) is 29.0 Å². The van der Waals surface area contributed by atoms with Gasteiger partial charge in [0, 0.05) is 20.0 Å². The minimum Gasteiger partial charge on any atom is -0.415 e. The number of aromatic nitrogens is 4. The van der Waals surface area contributed by atoms with Crippen LogP contribution in [0.4, 0.5) is 0 Å². The fourth-order valence-electron chi connectivity index (χ4n) is 4.17. The number of nitrogens with one attached hydrogen (secondary N) is 1. The number of hydrogen-bond acceptors (Lipinski definition) is 8. The fourth-order valence-corrected chi connectivity index (χ4v) is 5.23. The Bertz CT molecular complexity index is 1470. The summed E-state index contributed by atoms with van der Waals surface area (Å²) in [5, 5.41) is 11.5. The number of hydrogen-bond donors (Lipinski definition) is 1. The van der Waals surface area contributed by atoms with Gasteiger partial charge >= 0.3 is 0 Å². The molecular weight excluding hydrogens is 462 g/mol. The molecule has 1 aliphatic heterocycles. The number of nitrogens with zero attached hydrogens (tertiary/aromatic N) is 4. The van der Waals surface area contributed by atoms with Gasteiger partial charge in [0.25, 0.3) is 5.89 Å². The van der Waals surface area contributed by atoms with Crippen molar-refractivity contribution in [3.05, 3.63) is 66.0 Å². The van der Waals surface area contributed by atoms with Crippen molar-refractivity contribution in [2.75, 3.05) is 6.54 Å². The molecule has 1 saturated heterocycles. The van der Waals surface area contributed by atoms with E-state index in [4.69, 9.17) is 9.40 Å². The van der Waals surface area contributed by atoms with Crippen LogP contribution in [0.25, 0.3) is 34.3 Å². The molecule has 0 aliphatic carbocycles. The zero-order chi connectivity index (χ0) is 24.6. The van der Waals surface area contributed by atoms with E-state index in [1.165, 1.54) is 12.0 Å². The molecule has 0 bridgehead atoms. The molecule has 1 unspecified atom stereocenters. The lowest BCUT2D eigenvalue weighted by atomic mass is 10.0. The second-order valence-corrected chi connectivity index (χ2v) is 11.5. The third-order valence-corrected chi connectivity index (χ3v) is 8.45. The molecule has 9 heteroatoms. The van der Waals surface area contributed by atoms with E-state index < -0.39 is 15.1 Å². The highest BCUT2D eigenvalue weighted by Gasteiger charge is 2.21. The first-order valence-electron chi connectivity index (χ1n) is 11.7. The highest BCUT2D eigenvalue weighted by Crippen LogP contribution is 2.30. The molecular formula is C26H31N5O3S. The third-order valence-electron chi connectivity index (χ3n) is 6.28. The topological polar surface area (TPSA) is 111 Å². The van der Waals surface area contributed by atoms with Crippen molar-refractivity contribution in [2.24, 2.45) is 0 Å². The normalized spacial score (nSPS) is 16.2. The number of aryl methyl sites for hydroxylation is 1. The monoisotopic (exact) mass is 493 g/mol. The molecule has 184 valence electrons. The zero-order valence-electron chi connectivity index (χ0n) is 19.9. The van der Waals surface area contributed by atoms with E-state index in [-0.39, 0.29) is 13.6 Å². The summed E-state index contributed by atoms with van der Waals surface area (Å²) in [6, 6.07) is 15.2. The van der Waals surface area contributed by atoms with Crippen LogP contribution < -0.4 is 5.32 Å². The van der Waals surface area contributed by atoms with E-state index in [1.54, 1.807) is 44.3 Å². The van der Waals surface area contributed by atoms with Crippen molar-refractivity contribution < 1.29 is 15.7 Å². The van der Waals surface area contributed by atoms with Crippen LogP contribution in [0.3, 0.4) is 0 Å². The first kappa shape index (κ1) is 23.3. The summed E-state index contributed by atoms with van der Waals surface area (Å²) in [5.41, 5.74) is 4.56. The Morgan fingerprint density at radius 2 is 1.83 bits per heavy atom. The molecule has 0 amide bonds. The summed E-state index contributed by atoms with van der Waals surface area (Å²) in [6.07, 6.45) is 3.94. The zero-order valence-corrected chi connectivity index (χ0v) is 20.7. The molecule has 35 heavy (non-hydrogen) atoms. The SMILES string of the molecule is Cc1ncc(-c2ccc(S(=O)(=O)C(C)C)cc2)nc1-c1nnc(-c2cccc(C3CCCN3)c2)o1.[HH].[HH]. The van der Waals surface area contributed by atoms with Crippen molar-refractivity contribution in [3.8, 4) is 34.3 Å². The Morgan fingerprint density at radius 3 is 2.54 bits per heavy atom. The first-order chi connectivity index (χ1) is 16.8. The van der Waals surface area contributed by atoms with Gasteiger partial charge in [-0.15, -0.1) is 10.2 Å². The van der Waals surface area contributed by atoms with Gasteiger partial charge in [-0.2, -0.15) is 0 Å². The largest absolute Gasteiger partial charge is 0.415 e. The number of sulfone groups is 1. The summed E-state index contributed by atoms with van der Waals surface area (Å²) in [4.78, 5) is 9.46. The highest BCUT2D eigenvalue weighted by molar-refractivity contribution is 7.92. The minimum atomic E-state index is -3.34. The number of benzene rings is 2. The van der Waals surface area contributed by atoms with Gasteiger partial charge in [-0.05, 0) is 70.0 Å². The molecule has 1 atom stereocenters. The van der Waals surface area contributed by atoms with Crippen LogP contribution in [0.1, 0.15) is 46.8 Å². The van der Waals surface area contributed by atoms with Gasteiger partial charge < -0.3 is 9.73 Å². The van der Waals surface area contributed by atoms with Crippen molar-refractivity contribution in [3.63, 3.8) is 0 Å². The van der Waals surface area contributed by atoms with Gasteiger partial charge in [-0.25, -0.2) is 13.4 Å². The van der Waals surface area contributed by atoms with E-state index in [0.717, 1.165) is 24.1 Å². The van der Waals surface area contributed by atoms with E-state index >= 15 is 0 Å². The van der Waals surface area contributed by atoms with Crippen LogP contribution in [0.15, 0.2) is 64.0 Å². The maximum absolute atomic E-state index is 12.4. The lowest BCUT2D eigenvalue weighted by Gasteiger charge is -2.10. The first-order valence-corrected chi connectivity index (χ1v) is 13.2. The molecule has 2 aromatic carbocycles. The van der Waals surface area contributed by atoms with E-state index in [9.17, 15) is 8.42 Å². The smallest absolute Gasteiger partial charge is 0.268 e. The average Bonchev–Trinajstić information content (AvgIpc) is 3.57. The van der Waals surface area contributed by atoms with Crippen molar-refractivity contribution in [2.45, 2.75) is 49.8 Å². The Kier molecular flexibility index (Phi) is 6.21. The lowest BCUT2D eigenvalue weighted by Crippen LogP contribution is -2.13. The van der Waals surface area contributed by atoms with Crippen LogP contribution in [0.5, 0.6) is 0 Å². The molecule has 1 fully saturated rings. The summed E-state index contributed by atoms with van der Waals surface area (Å²) >= 11 is 0. The van der Waals surface area contributed by atoms with Crippen LogP contribution in [0, 0.1) is 6.92 Å². The summed E-state index contributed by atoms with van der Waals surface area (Å²) in [5.74, 6) is 0.713. The number of rotatable bonds is 6. The Hall–Kier alpha value is -3.43. The highest BCUT2D eigenvalue weighted by atomic mass is 32.2. The second-order valence-electron chi connectivity index (χ2n) is 8.99. The van der Waals surface area contributed by atoms with Gasteiger partial charge in [0.1, 0.15) is 5.69 Å². The van der Waals surface area contributed by atoms with Crippen LogP contribution >= 0.6 is 0 Å². The summed E-state index contributed by atoms with van der Waals surface area (Å²) in [7, 11) is -3.34. The lowest BCUT2D eigenvalue weighted by molar-refractivity contribution is 0.580. The Labute approximate surface area is 207 Å². The Morgan fingerprint density at radius 1 is 1.06 bits per heavy atom. The molecule has 5 rings (SSSR count). The van der Waals surface area contributed by atoms with Gasteiger partial charge in [0.15, 0.2) is 9.84 Å². The molecule has 8 nitrogen and oxygen atoms in total. The van der Waals surface area contributed by atoms with Crippen molar-refractivity contribution in [1.82, 2.24) is 25.5 Å². The van der Waals surface area contributed by atoms with E-state index in [2.05, 4.69) is 32.6 Å². The van der Waals surface area contributed by atoms with Crippen LogP contribution in [0.2, 0.25) is 0 Å². The quantitative estimate of drug-likeness (QED) is 0.387. The van der Waals surface area contributed by atoms with Crippen LogP contribution in [-0.2, 0) is 9.84 Å². The van der Waals surface area contributed by atoms with Gasteiger partial charge in [-0.1, -0.05) is 24.3 Å². The molecule has 4 aromatic rings. The summed E-state index contributed by atoms with van der Waals surface area (Å²) < 4.78 is 30.8. The van der Waals surface area contributed by atoms with Crippen molar-refractivity contribution in [1.29, 1.82) is 0 Å². The maximum Gasteiger partial charge on any atom is 0.268 e. The Balaban J connectivity index is 0.00000190. The van der Waals surface area contributed by atoms with Gasteiger partial charge in [-0.3, -0.25) is 4.98 Å². The predicted molar refractivity (Wildman–Crippen MR) is 137 cm³/mol. The molecule has 1 aliphatic rings. The summed E-state index contributed by atoms with van der Waals surface area (Å²) in [6.45, 7) is 6.20. The molecule has 1 N–H and O–H groups in total. The molecule has 2 aromatic heterocycles. The third kappa shape index (κ3) is 4.61. The fraction of sp³-hybridized carbons (Fsp3) is 0.308. The standard InChI is InChI=1S/C26H27N5O3S.2H2/c1-16(2)35(32,33)21-11-9-18(10-12-21)23-15-28-17(3)24(29-23)26-31-30-25(34-26)20-7-4-6-19(14-20)22-8-5-13-27-22;;/h4,6-7,9-12,14-16,22,27H,5,8,13H2,1-3H3;2*1H. The van der Waals surface area contributed by atoms with Crippen molar-refractivity contribution >= 4 is 9.84 Å². The molecule has 0 radical (unpaired) electrons. The predicted octanol–water partition coefficient (Wildman–Crippen LogP) is 5.27. The average molecular weight is 494 g/mol. The van der Waals surface area contributed by atoms with Crippen LogP contribution in [-0.4, -0.2) is 40.4 Å². The minimum absolute atomic E-state index is 0. The van der Waals surface area contributed by atoms with E-state index in [1.807, 2.05) is 19.1 Å². The van der Waals surface area contributed by atoms with Gasteiger partial charge in [0.2, 0.25) is 5.89 Å².